The Morgan fingerprint density at radius 2 is 1.71 bits per heavy atom. The monoisotopic (exact) mass is 457 g/mol. The van der Waals surface area contributed by atoms with Gasteiger partial charge in [0.2, 0.25) is 0 Å². The number of hydrogen-bond acceptors (Lipinski definition) is 5. The molecule has 3 heterocycles. The van der Waals surface area contributed by atoms with Crippen molar-refractivity contribution in [1.82, 2.24) is 19.3 Å². The molecule has 3 aromatic heterocycles. The second-order valence-corrected chi connectivity index (χ2v) is 8.74. The number of aliphatic imine (C=N–C) groups is 1. The minimum absolute atomic E-state index is 0.00735. The lowest BCUT2D eigenvalue weighted by atomic mass is 9.99. The summed E-state index contributed by atoms with van der Waals surface area (Å²) in [6.45, 7) is 1.90. The van der Waals surface area contributed by atoms with Crippen molar-refractivity contribution >= 4 is 49.9 Å². The van der Waals surface area contributed by atoms with Gasteiger partial charge >= 0.3 is 0 Å². The van der Waals surface area contributed by atoms with Gasteiger partial charge in [-0.25, -0.2) is 0 Å². The zero-order valence-corrected chi connectivity index (χ0v) is 19.7. The molecule has 0 spiro atoms. The van der Waals surface area contributed by atoms with Gasteiger partial charge in [0.25, 0.3) is 5.56 Å². The van der Waals surface area contributed by atoms with E-state index in [1.54, 1.807) is 24.8 Å². The van der Waals surface area contributed by atoms with Crippen molar-refractivity contribution in [3.8, 4) is 11.3 Å². The molecule has 0 amide bonds. The van der Waals surface area contributed by atoms with Gasteiger partial charge in [0, 0.05) is 65.4 Å². The van der Waals surface area contributed by atoms with Crippen LogP contribution >= 0.6 is 0 Å². The van der Waals surface area contributed by atoms with Gasteiger partial charge in [0.05, 0.1) is 34.8 Å². The predicted octanol–water partition coefficient (Wildman–Crippen LogP) is 5.60. The molecule has 6 rings (SSSR count). The fourth-order valence-electron chi connectivity index (χ4n) is 4.94. The first kappa shape index (κ1) is 21.0. The molecule has 35 heavy (non-hydrogen) atoms. The Labute approximate surface area is 201 Å². The Bertz CT molecular complexity index is 1850. The highest BCUT2D eigenvalue weighted by molar-refractivity contribution is 6.21. The zero-order valence-electron chi connectivity index (χ0n) is 19.7. The highest BCUT2D eigenvalue weighted by Gasteiger charge is 2.19. The van der Waals surface area contributed by atoms with E-state index in [2.05, 4.69) is 39.2 Å². The molecule has 0 unspecified atom stereocenters. The Balaban J connectivity index is 1.80. The molecule has 170 valence electrons. The third-order valence-corrected chi connectivity index (χ3v) is 6.49. The van der Waals surface area contributed by atoms with Gasteiger partial charge in [0.1, 0.15) is 0 Å². The summed E-state index contributed by atoms with van der Waals surface area (Å²) in [4.78, 5) is 28.9. The van der Waals surface area contributed by atoms with Crippen molar-refractivity contribution in [2.75, 3.05) is 14.1 Å². The number of nitrogens with zero attached hydrogens (tertiary/aromatic N) is 5. The summed E-state index contributed by atoms with van der Waals surface area (Å²) in [7, 11) is 4.01. The van der Waals surface area contributed by atoms with Crippen molar-refractivity contribution < 1.29 is 0 Å². The first-order chi connectivity index (χ1) is 17.1. The standard InChI is InChI=1S/C29H23N5O/c1-4-30-17-27(33(2)3)18-9-10-26-22(13-18)24-15-19(25-16-31-11-12-32-25)14-23-20-7-5-6-8-21(20)29(35)34(26)28(23)24/h4-17H,1-3H3/b27-17-,30-4?. The fraction of sp³-hybridized carbons (Fsp3) is 0.103. The van der Waals surface area contributed by atoms with E-state index in [1.165, 1.54) is 0 Å². The molecule has 0 N–H and O–H groups in total. The molecule has 0 bridgehead atoms. The quantitative estimate of drug-likeness (QED) is 0.255. The van der Waals surface area contributed by atoms with Crippen LogP contribution in [0.3, 0.4) is 0 Å². The lowest BCUT2D eigenvalue weighted by Gasteiger charge is -2.16. The maximum atomic E-state index is 13.7. The largest absolute Gasteiger partial charge is 0.376 e. The zero-order chi connectivity index (χ0) is 24.1. The number of fused-ring (bicyclic) bond motifs is 5. The minimum atomic E-state index is -0.00735. The summed E-state index contributed by atoms with van der Waals surface area (Å²) < 4.78 is 1.86. The predicted molar refractivity (Wildman–Crippen MR) is 144 cm³/mol. The molecular formula is C29H23N5O. The van der Waals surface area contributed by atoms with Gasteiger partial charge < -0.3 is 4.90 Å². The Morgan fingerprint density at radius 1 is 0.943 bits per heavy atom. The van der Waals surface area contributed by atoms with Gasteiger partial charge in [-0.3, -0.25) is 24.2 Å². The lowest BCUT2D eigenvalue weighted by Crippen LogP contribution is -2.13. The maximum absolute atomic E-state index is 13.7. The molecule has 0 fully saturated rings. The van der Waals surface area contributed by atoms with Crippen molar-refractivity contribution in [1.29, 1.82) is 0 Å². The molecule has 6 aromatic rings. The van der Waals surface area contributed by atoms with E-state index in [9.17, 15) is 4.79 Å². The molecule has 6 nitrogen and oxygen atoms in total. The Hall–Kier alpha value is -4.58. The highest BCUT2D eigenvalue weighted by atomic mass is 16.1. The minimum Gasteiger partial charge on any atom is -0.376 e. The molecule has 3 aromatic carbocycles. The molecule has 0 aliphatic heterocycles. The molecule has 0 atom stereocenters. The van der Waals surface area contributed by atoms with Crippen LogP contribution in [0.4, 0.5) is 0 Å². The Morgan fingerprint density at radius 3 is 2.43 bits per heavy atom. The van der Waals surface area contributed by atoms with Crippen LogP contribution in [0, 0.1) is 0 Å². The van der Waals surface area contributed by atoms with Gasteiger partial charge in [-0.05, 0) is 42.6 Å². The van der Waals surface area contributed by atoms with Crippen LogP contribution in [0.2, 0.25) is 0 Å². The highest BCUT2D eigenvalue weighted by Crippen LogP contribution is 2.38. The van der Waals surface area contributed by atoms with Crippen LogP contribution in [0.15, 0.2) is 89.2 Å². The maximum Gasteiger partial charge on any atom is 0.263 e. The summed E-state index contributed by atoms with van der Waals surface area (Å²) >= 11 is 0. The van der Waals surface area contributed by atoms with E-state index in [1.807, 2.05) is 66.9 Å². The van der Waals surface area contributed by atoms with Crippen molar-refractivity contribution in [2.24, 2.45) is 4.99 Å². The first-order valence-corrected chi connectivity index (χ1v) is 11.5. The molecule has 6 heteroatoms. The number of rotatable bonds is 4. The molecular weight excluding hydrogens is 434 g/mol. The smallest absolute Gasteiger partial charge is 0.263 e. The summed E-state index contributed by atoms with van der Waals surface area (Å²) in [5, 5.41) is 4.69. The third kappa shape index (κ3) is 3.18. The van der Waals surface area contributed by atoms with E-state index in [0.29, 0.717) is 5.39 Å². The number of pyridine rings is 1. The SMILES string of the molecule is CC=N/C=C(/c1ccc2c(c1)c1cc(-c3cnccn3)cc3c4ccccc4c(=O)n2c31)N(C)C. The van der Waals surface area contributed by atoms with Gasteiger partial charge in [-0.15, -0.1) is 0 Å². The van der Waals surface area contributed by atoms with Crippen LogP contribution in [0.5, 0.6) is 0 Å². The van der Waals surface area contributed by atoms with Gasteiger partial charge in [-0.1, -0.05) is 24.3 Å². The van der Waals surface area contributed by atoms with E-state index in [0.717, 1.165) is 55.1 Å². The van der Waals surface area contributed by atoms with E-state index < -0.39 is 0 Å². The summed E-state index contributed by atoms with van der Waals surface area (Å²) in [5.41, 5.74) is 5.58. The number of aromatic nitrogens is 3. The third-order valence-electron chi connectivity index (χ3n) is 6.49. The molecule has 0 aliphatic rings. The van der Waals surface area contributed by atoms with Crippen LogP contribution in [-0.4, -0.2) is 39.6 Å². The second-order valence-electron chi connectivity index (χ2n) is 8.74. The van der Waals surface area contributed by atoms with Gasteiger partial charge in [-0.2, -0.15) is 0 Å². The molecule has 0 radical (unpaired) electrons. The number of benzene rings is 3. The van der Waals surface area contributed by atoms with Crippen LogP contribution in [0.1, 0.15) is 12.5 Å². The van der Waals surface area contributed by atoms with Crippen molar-refractivity contribution in [3.63, 3.8) is 0 Å². The second kappa shape index (κ2) is 8.02. The Kier molecular flexibility index (Phi) is 4.81. The van der Waals surface area contributed by atoms with Crippen LogP contribution in [-0.2, 0) is 0 Å². The van der Waals surface area contributed by atoms with Gasteiger partial charge in [0.15, 0.2) is 0 Å². The van der Waals surface area contributed by atoms with Crippen LogP contribution < -0.4 is 5.56 Å². The normalized spacial score (nSPS) is 12.6. The number of hydrogen-bond donors (Lipinski definition) is 0. The van der Waals surface area contributed by atoms with E-state index in [4.69, 9.17) is 0 Å². The van der Waals surface area contributed by atoms with E-state index >= 15 is 0 Å². The van der Waals surface area contributed by atoms with Crippen molar-refractivity contribution in [3.05, 3.63) is 95.3 Å². The topological polar surface area (TPSA) is 62.9 Å². The molecule has 0 saturated heterocycles. The summed E-state index contributed by atoms with van der Waals surface area (Å²) in [5.74, 6) is 0. The average Bonchev–Trinajstić information content (AvgIpc) is 3.22. The van der Waals surface area contributed by atoms with E-state index in [-0.39, 0.29) is 5.56 Å². The molecule has 0 aliphatic carbocycles. The average molecular weight is 458 g/mol. The van der Waals surface area contributed by atoms with Crippen molar-refractivity contribution in [2.45, 2.75) is 6.92 Å². The fourth-order valence-corrected chi connectivity index (χ4v) is 4.94. The lowest BCUT2D eigenvalue weighted by molar-refractivity contribution is 0.591. The first-order valence-electron chi connectivity index (χ1n) is 11.5. The van der Waals surface area contributed by atoms with Crippen LogP contribution in [0.25, 0.3) is 54.9 Å². The molecule has 0 saturated carbocycles. The summed E-state index contributed by atoms with van der Waals surface area (Å²) in [6, 6.07) is 18.3. The summed E-state index contributed by atoms with van der Waals surface area (Å²) in [6.07, 6.45) is 8.77.